The molecule has 21 heavy (non-hydrogen) atoms. The molecule has 6 heteroatoms. The van der Waals surface area contributed by atoms with E-state index in [1.807, 2.05) is 50.5 Å². The topological polar surface area (TPSA) is 68.5 Å². The molecule has 0 atom stereocenters. The molecule has 1 aromatic carbocycles. The number of hydrogen-bond donors (Lipinski definition) is 1. The summed E-state index contributed by atoms with van der Waals surface area (Å²) in [7, 11) is 1.83. The molecule has 3 aromatic rings. The maximum absolute atomic E-state index is 4.29. The van der Waals surface area contributed by atoms with Gasteiger partial charge in [-0.2, -0.15) is 0 Å². The SMILES string of the molecule is Cc1ccc(CNc2cccc(-c3nnnn3C)c2)cn1. The van der Waals surface area contributed by atoms with Crippen LogP contribution in [-0.4, -0.2) is 25.2 Å². The molecule has 0 aliphatic heterocycles. The van der Waals surface area contributed by atoms with Gasteiger partial charge in [0.15, 0.2) is 5.82 Å². The first kappa shape index (κ1) is 13.2. The monoisotopic (exact) mass is 280 g/mol. The van der Waals surface area contributed by atoms with Crippen LogP contribution in [0.25, 0.3) is 11.4 Å². The molecule has 0 bridgehead atoms. The van der Waals surface area contributed by atoms with E-state index in [0.29, 0.717) is 0 Å². The normalized spacial score (nSPS) is 10.6. The van der Waals surface area contributed by atoms with E-state index in [-0.39, 0.29) is 0 Å². The lowest BCUT2D eigenvalue weighted by Crippen LogP contribution is -2.01. The number of benzene rings is 1. The van der Waals surface area contributed by atoms with Crippen LogP contribution < -0.4 is 5.32 Å². The zero-order valence-corrected chi connectivity index (χ0v) is 12.0. The molecule has 0 aliphatic rings. The van der Waals surface area contributed by atoms with Gasteiger partial charge in [0.2, 0.25) is 0 Å². The first-order chi connectivity index (χ1) is 10.2. The van der Waals surface area contributed by atoms with E-state index >= 15 is 0 Å². The fraction of sp³-hybridized carbons (Fsp3) is 0.200. The van der Waals surface area contributed by atoms with Crippen molar-refractivity contribution in [2.24, 2.45) is 7.05 Å². The number of nitrogens with one attached hydrogen (secondary N) is 1. The summed E-state index contributed by atoms with van der Waals surface area (Å²) in [5.74, 6) is 0.746. The highest BCUT2D eigenvalue weighted by atomic mass is 15.5. The number of hydrogen-bond acceptors (Lipinski definition) is 5. The van der Waals surface area contributed by atoms with Crippen molar-refractivity contribution in [2.45, 2.75) is 13.5 Å². The highest BCUT2D eigenvalue weighted by molar-refractivity contribution is 5.62. The second kappa shape index (κ2) is 5.70. The molecule has 0 amide bonds. The zero-order valence-electron chi connectivity index (χ0n) is 12.0. The minimum atomic E-state index is 0.730. The zero-order chi connectivity index (χ0) is 14.7. The van der Waals surface area contributed by atoms with Gasteiger partial charge in [-0.3, -0.25) is 4.98 Å². The van der Waals surface area contributed by atoms with Crippen molar-refractivity contribution in [3.05, 3.63) is 53.9 Å². The number of nitrogens with zero attached hydrogens (tertiary/aromatic N) is 5. The van der Waals surface area contributed by atoms with Gasteiger partial charge >= 0.3 is 0 Å². The summed E-state index contributed by atoms with van der Waals surface area (Å²) in [6, 6.07) is 12.1. The molecule has 3 rings (SSSR count). The summed E-state index contributed by atoms with van der Waals surface area (Å²) >= 11 is 0. The molecular formula is C15H16N6. The summed E-state index contributed by atoms with van der Waals surface area (Å²) < 4.78 is 1.66. The van der Waals surface area contributed by atoms with Crippen LogP contribution >= 0.6 is 0 Å². The average Bonchev–Trinajstić information content (AvgIpc) is 2.93. The lowest BCUT2D eigenvalue weighted by atomic mass is 10.2. The highest BCUT2D eigenvalue weighted by Crippen LogP contribution is 2.19. The Morgan fingerprint density at radius 3 is 2.81 bits per heavy atom. The number of aryl methyl sites for hydroxylation is 2. The van der Waals surface area contributed by atoms with E-state index in [0.717, 1.165) is 34.9 Å². The molecule has 2 aromatic heterocycles. The standard InChI is InChI=1S/C15H16N6/c1-11-6-7-12(9-16-11)10-17-14-5-3-4-13(8-14)15-18-19-20-21(15)2/h3-9,17H,10H2,1-2H3. The van der Waals surface area contributed by atoms with Gasteiger partial charge in [0.25, 0.3) is 0 Å². The second-order valence-corrected chi connectivity index (χ2v) is 4.87. The van der Waals surface area contributed by atoms with Crippen LogP contribution in [-0.2, 0) is 13.6 Å². The Balaban J connectivity index is 1.74. The van der Waals surface area contributed by atoms with Gasteiger partial charge in [0, 0.05) is 36.7 Å². The van der Waals surface area contributed by atoms with Crippen molar-refractivity contribution in [1.82, 2.24) is 25.2 Å². The van der Waals surface area contributed by atoms with E-state index in [9.17, 15) is 0 Å². The third-order valence-electron chi connectivity index (χ3n) is 3.21. The first-order valence-electron chi connectivity index (χ1n) is 6.70. The van der Waals surface area contributed by atoms with Gasteiger partial charge in [-0.1, -0.05) is 18.2 Å². The lowest BCUT2D eigenvalue weighted by molar-refractivity contribution is 0.714. The van der Waals surface area contributed by atoms with Crippen molar-refractivity contribution in [3.63, 3.8) is 0 Å². The summed E-state index contributed by atoms with van der Waals surface area (Å²) in [4.78, 5) is 4.29. The fourth-order valence-electron chi connectivity index (χ4n) is 2.05. The predicted octanol–water partition coefficient (Wildman–Crippen LogP) is 2.19. The van der Waals surface area contributed by atoms with Crippen LogP contribution in [0.1, 0.15) is 11.3 Å². The van der Waals surface area contributed by atoms with Gasteiger partial charge in [-0.15, -0.1) is 5.10 Å². The Hall–Kier alpha value is -2.76. The van der Waals surface area contributed by atoms with Crippen molar-refractivity contribution in [1.29, 1.82) is 0 Å². The Morgan fingerprint density at radius 2 is 2.10 bits per heavy atom. The molecule has 0 unspecified atom stereocenters. The smallest absolute Gasteiger partial charge is 0.181 e. The largest absolute Gasteiger partial charge is 0.381 e. The first-order valence-corrected chi connectivity index (χ1v) is 6.70. The Labute approximate surface area is 122 Å². The molecule has 0 fully saturated rings. The van der Waals surface area contributed by atoms with Gasteiger partial charge in [0.05, 0.1) is 0 Å². The number of pyridine rings is 1. The van der Waals surface area contributed by atoms with E-state index in [2.05, 4.69) is 31.9 Å². The summed E-state index contributed by atoms with van der Waals surface area (Å²) in [6.45, 7) is 2.71. The van der Waals surface area contributed by atoms with Gasteiger partial charge in [-0.25, -0.2) is 4.68 Å². The van der Waals surface area contributed by atoms with Crippen molar-refractivity contribution in [2.75, 3.05) is 5.32 Å². The number of rotatable bonds is 4. The fourth-order valence-corrected chi connectivity index (χ4v) is 2.05. The van der Waals surface area contributed by atoms with Crippen molar-refractivity contribution in [3.8, 4) is 11.4 Å². The minimum absolute atomic E-state index is 0.730. The quantitative estimate of drug-likeness (QED) is 0.793. The average molecular weight is 280 g/mol. The number of anilines is 1. The van der Waals surface area contributed by atoms with Crippen LogP contribution in [0.15, 0.2) is 42.6 Å². The third kappa shape index (κ3) is 3.05. The number of aromatic nitrogens is 5. The van der Waals surface area contributed by atoms with Crippen LogP contribution in [0, 0.1) is 6.92 Å². The van der Waals surface area contributed by atoms with Crippen LogP contribution in [0.3, 0.4) is 0 Å². The van der Waals surface area contributed by atoms with E-state index < -0.39 is 0 Å². The molecule has 6 nitrogen and oxygen atoms in total. The summed E-state index contributed by atoms with van der Waals surface area (Å²) in [5, 5.41) is 14.9. The van der Waals surface area contributed by atoms with Crippen LogP contribution in [0.5, 0.6) is 0 Å². The molecule has 0 saturated heterocycles. The van der Waals surface area contributed by atoms with E-state index in [1.165, 1.54) is 0 Å². The highest BCUT2D eigenvalue weighted by Gasteiger charge is 2.06. The summed E-state index contributed by atoms with van der Waals surface area (Å²) in [6.07, 6.45) is 1.89. The molecule has 0 spiro atoms. The predicted molar refractivity (Wildman–Crippen MR) is 80.5 cm³/mol. The Bertz CT molecular complexity index is 732. The minimum Gasteiger partial charge on any atom is -0.381 e. The summed E-state index contributed by atoms with van der Waals surface area (Å²) in [5.41, 5.74) is 4.17. The van der Waals surface area contributed by atoms with Crippen molar-refractivity contribution >= 4 is 5.69 Å². The molecule has 1 N–H and O–H groups in total. The molecule has 106 valence electrons. The van der Waals surface area contributed by atoms with Crippen LogP contribution in [0.2, 0.25) is 0 Å². The van der Waals surface area contributed by atoms with E-state index in [1.54, 1.807) is 4.68 Å². The Kier molecular flexibility index (Phi) is 3.59. The maximum Gasteiger partial charge on any atom is 0.181 e. The van der Waals surface area contributed by atoms with E-state index in [4.69, 9.17) is 0 Å². The van der Waals surface area contributed by atoms with Gasteiger partial charge in [-0.05, 0) is 41.1 Å². The Morgan fingerprint density at radius 1 is 1.19 bits per heavy atom. The molecule has 0 aliphatic carbocycles. The molecule has 2 heterocycles. The lowest BCUT2D eigenvalue weighted by Gasteiger charge is -2.08. The third-order valence-corrected chi connectivity index (χ3v) is 3.21. The van der Waals surface area contributed by atoms with Gasteiger partial charge < -0.3 is 5.32 Å². The maximum atomic E-state index is 4.29. The van der Waals surface area contributed by atoms with Crippen molar-refractivity contribution < 1.29 is 0 Å². The molecule has 0 saturated carbocycles. The molecule has 0 radical (unpaired) electrons. The number of tetrazole rings is 1. The molecular weight excluding hydrogens is 264 g/mol. The van der Waals surface area contributed by atoms with Gasteiger partial charge in [0.1, 0.15) is 0 Å². The van der Waals surface area contributed by atoms with Crippen LogP contribution in [0.4, 0.5) is 5.69 Å². The second-order valence-electron chi connectivity index (χ2n) is 4.87.